The molecule has 0 radical (unpaired) electrons. The highest BCUT2D eigenvalue weighted by atomic mass is 35.5. The average molecular weight is 305 g/mol. The van der Waals surface area contributed by atoms with Crippen molar-refractivity contribution in [2.45, 2.75) is 26.2 Å². The largest absolute Gasteiger partial charge is 0.338 e. The van der Waals surface area contributed by atoms with Gasteiger partial charge in [-0.05, 0) is 37.0 Å². The minimum atomic E-state index is 0.0633. The van der Waals surface area contributed by atoms with Crippen LogP contribution in [0.5, 0.6) is 0 Å². The number of rotatable bonds is 2. The molecular weight excluding hydrogens is 284 g/mol. The van der Waals surface area contributed by atoms with E-state index in [-0.39, 0.29) is 5.91 Å². The first-order valence-corrected chi connectivity index (χ1v) is 7.81. The number of hydrogen-bond acceptors (Lipinski definition) is 2. The van der Waals surface area contributed by atoms with Crippen LogP contribution in [0, 0.1) is 17.8 Å². The van der Waals surface area contributed by atoms with E-state index in [0.29, 0.717) is 28.6 Å². The van der Waals surface area contributed by atoms with Crippen molar-refractivity contribution < 1.29 is 4.79 Å². The van der Waals surface area contributed by atoms with Crippen LogP contribution >= 0.6 is 11.6 Å². The van der Waals surface area contributed by atoms with Gasteiger partial charge in [-0.2, -0.15) is 0 Å². The van der Waals surface area contributed by atoms with Crippen LogP contribution in [0.1, 0.15) is 42.1 Å². The fraction of sp³-hybridized carbons (Fsp3) is 0.471. The Kier molecular flexibility index (Phi) is 5.67. The number of carbonyl (C=O) groups is 1. The lowest BCUT2D eigenvalue weighted by atomic mass is 9.95. The van der Waals surface area contributed by atoms with Crippen LogP contribution in [0.4, 0.5) is 0 Å². The molecule has 21 heavy (non-hydrogen) atoms. The van der Waals surface area contributed by atoms with Crippen molar-refractivity contribution in [3.05, 3.63) is 34.3 Å². The Morgan fingerprint density at radius 2 is 2.33 bits per heavy atom. The van der Waals surface area contributed by atoms with Crippen LogP contribution in [0.15, 0.2) is 18.2 Å². The van der Waals surface area contributed by atoms with Gasteiger partial charge < -0.3 is 10.6 Å². The van der Waals surface area contributed by atoms with Crippen molar-refractivity contribution in [3.8, 4) is 11.8 Å². The highest BCUT2D eigenvalue weighted by Gasteiger charge is 2.23. The molecular formula is C17H21ClN2O. The lowest BCUT2D eigenvalue weighted by Crippen LogP contribution is -2.39. The highest BCUT2D eigenvalue weighted by Crippen LogP contribution is 2.23. The fourth-order valence-electron chi connectivity index (χ4n) is 2.66. The third-order valence-corrected chi connectivity index (χ3v) is 4.24. The number of amides is 1. The van der Waals surface area contributed by atoms with E-state index in [0.717, 1.165) is 25.9 Å². The second-order valence-electron chi connectivity index (χ2n) is 5.37. The number of benzene rings is 1. The van der Waals surface area contributed by atoms with Gasteiger partial charge in [-0.15, -0.1) is 0 Å². The Morgan fingerprint density at radius 1 is 1.52 bits per heavy atom. The van der Waals surface area contributed by atoms with Crippen LogP contribution in [0.3, 0.4) is 0 Å². The maximum Gasteiger partial charge on any atom is 0.253 e. The Bertz CT molecular complexity index is 574. The number of hydrogen-bond donors (Lipinski definition) is 1. The van der Waals surface area contributed by atoms with Crippen molar-refractivity contribution in [2.75, 3.05) is 19.6 Å². The first-order valence-electron chi connectivity index (χ1n) is 7.43. The van der Waals surface area contributed by atoms with E-state index < -0.39 is 0 Å². The van der Waals surface area contributed by atoms with Gasteiger partial charge in [0.25, 0.3) is 5.91 Å². The fourth-order valence-corrected chi connectivity index (χ4v) is 2.89. The molecule has 1 aromatic rings. The van der Waals surface area contributed by atoms with Gasteiger partial charge in [0.05, 0.1) is 11.6 Å². The third-order valence-electron chi connectivity index (χ3n) is 3.92. The van der Waals surface area contributed by atoms with Crippen LogP contribution < -0.4 is 5.73 Å². The molecule has 0 spiro atoms. The molecule has 3 nitrogen and oxygen atoms in total. The summed E-state index contributed by atoms with van der Waals surface area (Å²) in [5, 5.41) is 0.505. The van der Waals surface area contributed by atoms with Gasteiger partial charge in [0.1, 0.15) is 0 Å². The predicted molar refractivity (Wildman–Crippen MR) is 86.3 cm³/mol. The molecule has 1 aliphatic rings. The summed E-state index contributed by atoms with van der Waals surface area (Å²) in [7, 11) is 0. The summed E-state index contributed by atoms with van der Waals surface area (Å²) in [6, 6.07) is 5.30. The highest BCUT2D eigenvalue weighted by molar-refractivity contribution is 6.32. The molecule has 4 heteroatoms. The number of halogens is 1. The van der Waals surface area contributed by atoms with Gasteiger partial charge in [0, 0.05) is 24.2 Å². The van der Waals surface area contributed by atoms with Crippen LogP contribution in [0.25, 0.3) is 0 Å². The van der Waals surface area contributed by atoms with Crippen molar-refractivity contribution >= 4 is 17.5 Å². The lowest BCUT2D eigenvalue weighted by Gasteiger charge is -2.32. The van der Waals surface area contributed by atoms with Gasteiger partial charge in [-0.1, -0.05) is 36.8 Å². The zero-order valence-electron chi connectivity index (χ0n) is 12.4. The average Bonchev–Trinajstić information content (AvgIpc) is 2.53. The van der Waals surface area contributed by atoms with Crippen molar-refractivity contribution in [2.24, 2.45) is 11.7 Å². The van der Waals surface area contributed by atoms with Crippen LogP contribution in [-0.4, -0.2) is 30.4 Å². The van der Waals surface area contributed by atoms with Gasteiger partial charge in [-0.25, -0.2) is 0 Å². The van der Waals surface area contributed by atoms with Crippen molar-refractivity contribution in [3.63, 3.8) is 0 Å². The summed E-state index contributed by atoms with van der Waals surface area (Å²) < 4.78 is 0. The number of nitrogens with two attached hydrogens (primary N) is 1. The number of piperidine rings is 1. The normalized spacial score (nSPS) is 18.0. The Balaban J connectivity index is 2.14. The van der Waals surface area contributed by atoms with Gasteiger partial charge in [-0.3, -0.25) is 4.79 Å². The minimum absolute atomic E-state index is 0.0633. The summed E-state index contributed by atoms with van der Waals surface area (Å²) in [5.74, 6) is 6.35. The van der Waals surface area contributed by atoms with E-state index in [1.165, 1.54) is 6.42 Å². The van der Waals surface area contributed by atoms with E-state index in [4.69, 9.17) is 17.3 Å². The van der Waals surface area contributed by atoms with Crippen LogP contribution in [0.2, 0.25) is 5.02 Å². The van der Waals surface area contributed by atoms with Gasteiger partial charge in [0.2, 0.25) is 0 Å². The molecule has 1 aliphatic heterocycles. The first kappa shape index (κ1) is 15.9. The molecule has 0 bridgehead atoms. The molecule has 112 valence electrons. The lowest BCUT2D eigenvalue weighted by molar-refractivity contribution is 0.0671. The van der Waals surface area contributed by atoms with E-state index >= 15 is 0 Å². The van der Waals surface area contributed by atoms with Gasteiger partial charge in [0.15, 0.2) is 0 Å². The summed E-state index contributed by atoms with van der Waals surface area (Å²) >= 11 is 6.19. The van der Waals surface area contributed by atoms with E-state index in [1.54, 1.807) is 18.2 Å². The SMILES string of the molecule is CCC1CCCN(C(=O)c2ccc(C#CCN)c(Cl)c2)C1. The monoisotopic (exact) mass is 304 g/mol. The minimum Gasteiger partial charge on any atom is -0.338 e. The van der Waals surface area contributed by atoms with Crippen molar-refractivity contribution in [1.29, 1.82) is 0 Å². The molecule has 0 aromatic heterocycles. The molecule has 2 N–H and O–H groups in total. The summed E-state index contributed by atoms with van der Waals surface area (Å²) in [5.41, 5.74) is 6.70. The zero-order valence-corrected chi connectivity index (χ0v) is 13.1. The second kappa shape index (κ2) is 7.49. The molecule has 1 heterocycles. The maximum atomic E-state index is 12.6. The molecule has 0 aliphatic carbocycles. The van der Waals surface area contributed by atoms with Gasteiger partial charge >= 0.3 is 0 Å². The molecule has 1 unspecified atom stereocenters. The molecule has 1 saturated heterocycles. The zero-order chi connectivity index (χ0) is 15.2. The Hall–Kier alpha value is -1.50. The van der Waals surface area contributed by atoms with E-state index in [1.807, 2.05) is 4.90 Å². The van der Waals surface area contributed by atoms with Crippen LogP contribution in [-0.2, 0) is 0 Å². The predicted octanol–water partition coefficient (Wildman–Crippen LogP) is 2.91. The second-order valence-corrected chi connectivity index (χ2v) is 5.78. The molecule has 0 saturated carbocycles. The van der Waals surface area contributed by atoms with E-state index in [9.17, 15) is 4.79 Å². The molecule has 1 fully saturated rings. The molecule has 1 atom stereocenters. The summed E-state index contributed by atoms with van der Waals surface area (Å²) in [4.78, 5) is 14.5. The number of nitrogens with zero attached hydrogens (tertiary/aromatic N) is 1. The number of likely N-dealkylation sites (tertiary alicyclic amines) is 1. The maximum absolute atomic E-state index is 12.6. The Morgan fingerprint density at radius 3 is 3.00 bits per heavy atom. The smallest absolute Gasteiger partial charge is 0.253 e. The molecule has 2 rings (SSSR count). The third kappa shape index (κ3) is 4.00. The van der Waals surface area contributed by atoms with Crippen molar-refractivity contribution in [1.82, 2.24) is 4.90 Å². The summed E-state index contributed by atoms with van der Waals surface area (Å²) in [6.07, 6.45) is 3.42. The quantitative estimate of drug-likeness (QED) is 0.854. The molecule has 1 amide bonds. The Labute approximate surface area is 131 Å². The molecule has 1 aromatic carbocycles. The first-order chi connectivity index (χ1) is 10.2. The van der Waals surface area contributed by atoms with E-state index in [2.05, 4.69) is 18.8 Å². The topological polar surface area (TPSA) is 46.3 Å². The standard InChI is InChI=1S/C17H21ClN2O/c1-2-13-5-4-10-20(12-13)17(21)15-8-7-14(6-3-9-19)16(18)11-15/h7-8,11,13H,2,4-5,9-10,12,19H2,1H3. The summed E-state index contributed by atoms with van der Waals surface area (Å²) in [6.45, 7) is 4.16. The number of carbonyl (C=O) groups excluding carboxylic acids is 1.